The average molecular weight is 356 g/mol. The van der Waals surface area contributed by atoms with Crippen molar-refractivity contribution in [1.29, 1.82) is 0 Å². The molecule has 0 amide bonds. The third-order valence-corrected chi connectivity index (χ3v) is 5.54. The van der Waals surface area contributed by atoms with E-state index in [9.17, 15) is 19.1 Å². The van der Waals surface area contributed by atoms with Crippen molar-refractivity contribution in [3.05, 3.63) is 33.1 Å². The highest BCUT2D eigenvalue weighted by molar-refractivity contribution is 5.14. The van der Waals surface area contributed by atoms with Crippen LogP contribution in [0, 0.1) is 0 Å². The van der Waals surface area contributed by atoms with Crippen LogP contribution in [-0.2, 0) is 14.2 Å². The van der Waals surface area contributed by atoms with E-state index in [4.69, 9.17) is 14.2 Å². The predicted molar refractivity (Wildman–Crippen MR) is 82.8 cm³/mol. The molecule has 1 aliphatic carbocycles. The second kappa shape index (κ2) is 5.47. The number of alkyl halides is 1. The zero-order valence-corrected chi connectivity index (χ0v) is 13.9. The molecular weight excluding hydrogens is 335 g/mol. The van der Waals surface area contributed by atoms with Crippen molar-refractivity contribution >= 4 is 0 Å². The van der Waals surface area contributed by atoms with Crippen molar-refractivity contribution in [2.75, 3.05) is 13.3 Å². The van der Waals surface area contributed by atoms with Crippen LogP contribution in [0.2, 0.25) is 0 Å². The summed E-state index contributed by atoms with van der Waals surface area (Å²) in [4.78, 5) is 25.7. The van der Waals surface area contributed by atoms with E-state index in [1.54, 1.807) is 6.92 Å². The van der Waals surface area contributed by atoms with Gasteiger partial charge in [-0.25, -0.2) is 9.18 Å². The molecule has 0 radical (unpaired) electrons. The number of nitrogens with zero attached hydrogens (tertiary/aromatic N) is 1. The van der Waals surface area contributed by atoms with Crippen molar-refractivity contribution in [2.45, 2.75) is 61.9 Å². The third-order valence-electron chi connectivity index (χ3n) is 5.54. The van der Waals surface area contributed by atoms with Gasteiger partial charge in [0.05, 0.1) is 6.61 Å². The van der Waals surface area contributed by atoms with Crippen molar-refractivity contribution in [3.8, 4) is 0 Å². The summed E-state index contributed by atoms with van der Waals surface area (Å²) in [5, 5.41) is 9.84. The quantitative estimate of drug-likeness (QED) is 0.803. The Morgan fingerprint density at radius 3 is 2.68 bits per heavy atom. The number of hydrogen-bond donors (Lipinski definition) is 2. The van der Waals surface area contributed by atoms with Gasteiger partial charge in [0, 0.05) is 25.1 Å². The highest BCUT2D eigenvalue weighted by atomic mass is 19.1. The van der Waals surface area contributed by atoms with Gasteiger partial charge in [-0.15, -0.1) is 0 Å². The molecule has 0 aromatic carbocycles. The van der Waals surface area contributed by atoms with Gasteiger partial charge in [0.25, 0.3) is 5.56 Å². The maximum absolute atomic E-state index is 13.9. The van der Waals surface area contributed by atoms with Crippen molar-refractivity contribution in [1.82, 2.24) is 9.55 Å². The van der Waals surface area contributed by atoms with Gasteiger partial charge in [-0.3, -0.25) is 14.3 Å². The fourth-order valence-electron chi connectivity index (χ4n) is 4.36. The van der Waals surface area contributed by atoms with Crippen LogP contribution in [0.5, 0.6) is 0 Å². The molecule has 25 heavy (non-hydrogen) atoms. The summed E-state index contributed by atoms with van der Waals surface area (Å²) in [5.41, 5.74) is -4.04. The Morgan fingerprint density at radius 2 is 2.08 bits per heavy atom. The first-order chi connectivity index (χ1) is 11.9. The molecule has 2 aliphatic heterocycles. The molecule has 1 unspecified atom stereocenters. The molecule has 138 valence electrons. The molecule has 3 fully saturated rings. The lowest BCUT2D eigenvalue weighted by Gasteiger charge is -2.32. The summed E-state index contributed by atoms with van der Waals surface area (Å²) in [7, 11) is 0. The highest BCUT2D eigenvalue weighted by Crippen LogP contribution is 2.58. The fourth-order valence-corrected chi connectivity index (χ4v) is 4.36. The second-order valence-electron chi connectivity index (χ2n) is 7.25. The van der Waals surface area contributed by atoms with E-state index >= 15 is 0 Å². The van der Waals surface area contributed by atoms with E-state index in [1.807, 2.05) is 0 Å². The van der Waals surface area contributed by atoms with Crippen LogP contribution in [0.3, 0.4) is 0 Å². The van der Waals surface area contributed by atoms with Crippen LogP contribution in [0.1, 0.15) is 38.8 Å². The van der Waals surface area contributed by atoms with E-state index < -0.39 is 53.9 Å². The zero-order chi connectivity index (χ0) is 17.9. The predicted octanol–water partition coefficient (Wildman–Crippen LogP) is 0.210. The Balaban J connectivity index is 1.82. The number of nitrogens with one attached hydrogen (secondary N) is 1. The number of halogens is 1. The Hall–Kier alpha value is -1.55. The minimum absolute atomic E-state index is 0.546. The molecule has 1 aromatic rings. The number of fused-ring (bicyclic) bond motifs is 1. The summed E-state index contributed by atoms with van der Waals surface area (Å²) in [5.74, 6) is -0.844. The molecule has 8 nitrogen and oxygen atoms in total. The van der Waals surface area contributed by atoms with Crippen LogP contribution in [0.15, 0.2) is 21.9 Å². The maximum atomic E-state index is 13.9. The van der Waals surface area contributed by atoms with Crippen LogP contribution in [-0.4, -0.2) is 51.0 Å². The van der Waals surface area contributed by atoms with E-state index in [0.29, 0.717) is 12.8 Å². The van der Waals surface area contributed by atoms with Crippen molar-refractivity contribution in [3.63, 3.8) is 0 Å². The number of hydrogen-bond acceptors (Lipinski definition) is 6. The van der Waals surface area contributed by atoms with Gasteiger partial charge in [-0.1, -0.05) is 0 Å². The molecule has 2 saturated heterocycles. The molecule has 1 aromatic heterocycles. The first kappa shape index (κ1) is 16.9. The van der Waals surface area contributed by atoms with Gasteiger partial charge in [-0.05, 0) is 19.8 Å². The van der Waals surface area contributed by atoms with Crippen LogP contribution < -0.4 is 11.2 Å². The topological polar surface area (TPSA) is 103 Å². The molecule has 0 bridgehead atoms. The molecule has 4 atom stereocenters. The minimum Gasteiger partial charge on any atom is -0.393 e. The molecule has 4 rings (SSSR count). The second-order valence-corrected chi connectivity index (χ2v) is 7.25. The third kappa shape index (κ3) is 2.26. The standard InChI is InChI=1S/C16H21FN2O6/c1-14-11(23-16(25-14)5-2-3-6-16)15(8-17,9-20)24-12(14)19-7-4-10(21)18-13(19)22/h4,7,11-12,20H,2-3,5-6,8-9H2,1H3,(H,18,21,22)/t11-,12?,14+,15+/m0/s1. The normalized spacial score (nSPS) is 39.2. The molecule has 1 saturated carbocycles. The van der Waals surface area contributed by atoms with Gasteiger partial charge < -0.3 is 19.3 Å². The van der Waals surface area contributed by atoms with E-state index in [0.717, 1.165) is 17.4 Å². The number of H-pyrrole nitrogens is 1. The SMILES string of the molecule is C[C@@]12OC3(CCCC3)O[C@@H]1[C@](CO)(CF)OC2n1ccc(=O)[nH]c1=O. The summed E-state index contributed by atoms with van der Waals surface area (Å²) in [6.07, 6.45) is 2.55. The first-order valence-corrected chi connectivity index (χ1v) is 8.42. The van der Waals surface area contributed by atoms with Crippen molar-refractivity contribution in [2.24, 2.45) is 0 Å². The molecule has 2 N–H and O–H groups in total. The summed E-state index contributed by atoms with van der Waals surface area (Å²) in [6, 6.07) is 1.18. The number of aromatic nitrogens is 2. The van der Waals surface area contributed by atoms with Crippen molar-refractivity contribution < 1.29 is 23.7 Å². The Morgan fingerprint density at radius 1 is 1.36 bits per heavy atom. The Kier molecular flexibility index (Phi) is 3.70. The molecule has 9 heteroatoms. The Bertz CT molecular complexity index is 781. The van der Waals surface area contributed by atoms with Gasteiger partial charge in [0.1, 0.15) is 18.4 Å². The minimum atomic E-state index is -1.62. The van der Waals surface area contributed by atoms with Gasteiger partial charge >= 0.3 is 5.69 Å². The lowest BCUT2D eigenvalue weighted by atomic mass is 9.88. The summed E-state index contributed by atoms with van der Waals surface area (Å²) < 4.78 is 33.2. The van der Waals surface area contributed by atoms with Crippen LogP contribution in [0.4, 0.5) is 4.39 Å². The molecule has 3 aliphatic rings. The van der Waals surface area contributed by atoms with Gasteiger partial charge in [-0.2, -0.15) is 0 Å². The fraction of sp³-hybridized carbons (Fsp3) is 0.750. The zero-order valence-electron chi connectivity index (χ0n) is 13.9. The molecule has 3 heterocycles. The van der Waals surface area contributed by atoms with Crippen LogP contribution in [0.25, 0.3) is 0 Å². The average Bonchev–Trinajstić information content (AvgIpc) is 3.21. The van der Waals surface area contributed by atoms with E-state index in [-0.39, 0.29) is 0 Å². The van der Waals surface area contributed by atoms with Gasteiger partial charge in [0.15, 0.2) is 17.6 Å². The first-order valence-electron chi connectivity index (χ1n) is 8.42. The molecular formula is C16H21FN2O6. The van der Waals surface area contributed by atoms with E-state index in [1.165, 1.54) is 12.3 Å². The number of ether oxygens (including phenoxy) is 3. The number of aliphatic hydroxyl groups is 1. The smallest absolute Gasteiger partial charge is 0.330 e. The monoisotopic (exact) mass is 356 g/mol. The largest absolute Gasteiger partial charge is 0.393 e. The summed E-state index contributed by atoms with van der Waals surface area (Å²) in [6.45, 7) is 0.0929. The highest BCUT2D eigenvalue weighted by Gasteiger charge is 2.72. The Labute approximate surface area is 142 Å². The lowest BCUT2D eigenvalue weighted by Crippen LogP contribution is -2.51. The van der Waals surface area contributed by atoms with Gasteiger partial charge in [0.2, 0.25) is 0 Å². The van der Waals surface area contributed by atoms with E-state index in [2.05, 4.69) is 4.98 Å². The lowest BCUT2D eigenvalue weighted by molar-refractivity contribution is -0.253. The van der Waals surface area contributed by atoms with Crippen LogP contribution >= 0.6 is 0 Å². The number of aliphatic hydroxyl groups excluding tert-OH is 1. The molecule has 1 spiro atoms. The number of aromatic amines is 1. The summed E-state index contributed by atoms with van der Waals surface area (Å²) >= 11 is 0. The maximum Gasteiger partial charge on any atom is 0.330 e. The number of rotatable bonds is 3.